The smallest absolute Gasteiger partial charge is 0.258 e. The Bertz CT molecular complexity index is 595. The molecule has 4 nitrogen and oxygen atoms in total. The van der Waals surface area contributed by atoms with Gasteiger partial charge in [0.25, 0.3) is 5.91 Å². The number of carbonyl (C=O) groups excluding carboxylic acids is 1. The Labute approximate surface area is 112 Å². The van der Waals surface area contributed by atoms with Crippen molar-refractivity contribution < 1.29 is 4.79 Å². The molecule has 0 spiro atoms. The molecule has 4 heteroatoms. The SMILES string of the molecule is Cc1ccccc1N(C)C(=O)c1ccnc(CN)c1. The van der Waals surface area contributed by atoms with Crippen molar-refractivity contribution in [2.75, 3.05) is 11.9 Å². The number of para-hydroxylation sites is 1. The molecule has 1 heterocycles. The summed E-state index contributed by atoms with van der Waals surface area (Å²) in [4.78, 5) is 18.2. The number of rotatable bonds is 3. The van der Waals surface area contributed by atoms with Gasteiger partial charge < -0.3 is 10.6 Å². The van der Waals surface area contributed by atoms with Gasteiger partial charge >= 0.3 is 0 Å². The van der Waals surface area contributed by atoms with Gasteiger partial charge in [-0.25, -0.2) is 0 Å². The zero-order valence-electron chi connectivity index (χ0n) is 11.1. The third-order valence-corrected chi connectivity index (χ3v) is 3.05. The summed E-state index contributed by atoms with van der Waals surface area (Å²) in [5.74, 6) is -0.0635. The van der Waals surface area contributed by atoms with Crippen LogP contribution in [-0.4, -0.2) is 17.9 Å². The van der Waals surface area contributed by atoms with Crippen molar-refractivity contribution in [3.05, 3.63) is 59.4 Å². The van der Waals surface area contributed by atoms with Crippen LogP contribution >= 0.6 is 0 Å². The number of hydrogen-bond donors (Lipinski definition) is 1. The maximum absolute atomic E-state index is 12.4. The molecule has 0 saturated heterocycles. The van der Waals surface area contributed by atoms with Gasteiger partial charge in [-0.05, 0) is 30.7 Å². The van der Waals surface area contributed by atoms with Crippen LogP contribution in [0, 0.1) is 6.92 Å². The lowest BCUT2D eigenvalue weighted by Gasteiger charge is -2.19. The van der Waals surface area contributed by atoms with Crippen molar-refractivity contribution in [2.45, 2.75) is 13.5 Å². The van der Waals surface area contributed by atoms with Crippen LogP contribution in [0.25, 0.3) is 0 Å². The molecule has 0 radical (unpaired) electrons. The van der Waals surface area contributed by atoms with Gasteiger partial charge in [0, 0.05) is 31.0 Å². The summed E-state index contributed by atoms with van der Waals surface area (Å²) in [7, 11) is 1.77. The number of nitrogens with zero attached hydrogens (tertiary/aromatic N) is 2. The molecule has 0 aliphatic carbocycles. The van der Waals surface area contributed by atoms with E-state index in [2.05, 4.69) is 4.98 Å². The molecule has 2 rings (SSSR count). The molecule has 0 unspecified atom stereocenters. The van der Waals surface area contributed by atoms with Crippen LogP contribution in [0.1, 0.15) is 21.6 Å². The molecule has 0 aliphatic heterocycles. The maximum atomic E-state index is 12.4. The third-order valence-electron chi connectivity index (χ3n) is 3.05. The molecule has 98 valence electrons. The van der Waals surface area contributed by atoms with Crippen LogP contribution < -0.4 is 10.6 Å². The predicted octanol–water partition coefficient (Wildman–Crippen LogP) is 2.13. The van der Waals surface area contributed by atoms with Gasteiger partial charge in [0.05, 0.1) is 5.69 Å². The number of benzene rings is 1. The number of aryl methyl sites for hydroxylation is 1. The lowest BCUT2D eigenvalue weighted by atomic mass is 10.1. The Morgan fingerprint density at radius 1 is 1.32 bits per heavy atom. The number of aromatic nitrogens is 1. The van der Waals surface area contributed by atoms with E-state index >= 15 is 0 Å². The van der Waals surface area contributed by atoms with Gasteiger partial charge in [-0.15, -0.1) is 0 Å². The van der Waals surface area contributed by atoms with E-state index in [9.17, 15) is 4.79 Å². The largest absolute Gasteiger partial charge is 0.325 e. The molecule has 0 aliphatic rings. The number of anilines is 1. The Kier molecular flexibility index (Phi) is 3.92. The molecule has 0 bridgehead atoms. The Hall–Kier alpha value is -2.20. The molecule has 2 aromatic rings. The second kappa shape index (κ2) is 5.63. The first kappa shape index (κ1) is 13.2. The summed E-state index contributed by atoms with van der Waals surface area (Å²) >= 11 is 0. The molecule has 0 saturated carbocycles. The van der Waals surface area contributed by atoms with Gasteiger partial charge in [-0.3, -0.25) is 9.78 Å². The summed E-state index contributed by atoms with van der Waals surface area (Å²) in [5.41, 5.74) is 8.82. The average molecular weight is 255 g/mol. The fourth-order valence-corrected chi connectivity index (χ4v) is 1.97. The quantitative estimate of drug-likeness (QED) is 0.914. The molecule has 1 aromatic carbocycles. The van der Waals surface area contributed by atoms with Crippen molar-refractivity contribution in [1.82, 2.24) is 4.98 Å². The zero-order chi connectivity index (χ0) is 13.8. The van der Waals surface area contributed by atoms with E-state index in [1.807, 2.05) is 31.2 Å². The first-order valence-electron chi connectivity index (χ1n) is 6.12. The minimum Gasteiger partial charge on any atom is -0.325 e. The van der Waals surface area contributed by atoms with Crippen LogP contribution in [0.15, 0.2) is 42.6 Å². The fourth-order valence-electron chi connectivity index (χ4n) is 1.97. The third kappa shape index (κ3) is 2.80. The normalized spacial score (nSPS) is 10.3. The molecular weight excluding hydrogens is 238 g/mol. The average Bonchev–Trinajstić information content (AvgIpc) is 2.46. The lowest BCUT2D eigenvalue weighted by Crippen LogP contribution is -2.27. The molecule has 19 heavy (non-hydrogen) atoms. The fraction of sp³-hybridized carbons (Fsp3) is 0.200. The number of amides is 1. The van der Waals surface area contributed by atoms with Crippen LogP contribution in [-0.2, 0) is 6.54 Å². The standard InChI is InChI=1S/C15H17N3O/c1-11-5-3-4-6-14(11)18(2)15(19)12-7-8-17-13(9-12)10-16/h3-9H,10,16H2,1-2H3. The lowest BCUT2D eigenvalue weighted by molar-refractivity contribution is 0.0992. The second-order valence-corrected chi connectivity index (χ2v) is 4.39. The molecule has 1 aromatic heterocycles. The number of carbonyl (C=O) groups is 1. The predicted molar refractivity (Wildman–Crippen MR) is 76.0 cm³/mol. The first-order chi connectivity index (χ1) is 9.13. The summed E-state index contributed by atoms with van der Waals surface area (Å²) in [6.07, 6.45) is 1.61. The number of hydrogen-bond acceptors (Lipinski definition) is 3. The first-order valence-corrected chi connectivity index (χ1v) is 6.12. The summed E-state index contributed by atoms with van der Waals surface area (Å²) in [6.45, 7) is 2.31. The van der Waals surface area contributed by atoms with Gasteiger partial charge in [-0.2, -0.15) is 0 Å². The Balaban J connectivity index is 2.31. The number of pyridine rings is 1. The van der Waals surface area contributed by atoms with Crippen molar-refractivity contribution in [1.29, 1.82) is 0 Å². The summed E-state index contributed by atoms with van der Waals surface area (Å²) < 4.78 is 0. The highest BCUT2D eigenvalue weighted by Gasteiger charge is 2.15. The topological polar surface area (TPSA) is 59.2 Å². The molecule has 1 amide bonds. The number of nitrogens with two attached hydrogens (primary N) is 1. The van der Waals surface area contributed by atoms with Crippen LogP contribution in [0.3, 0.4) is 0 Å². The molecule has 0 fully saturated rings. The highest BCUT2D eigenvalue weighted by atomic mass is 16.2. The van der Waals surface area contributed by atoms with Crippen molar-refractivity contribution >= 4 is 11.6 Å². The highest BCUT2D eigenvalue weighted by molar-refractivity contribution is 6.06. The summed E-state index contributed by atoms with van der Waals surface area (Å²) in [5, 5.41) is 0. The van der Waals surface area contributed by atoms with Gasteiger partial charge in [-0.1, -0.05) is 18.2 Å². The zero-order valence-corrected chi connectivity index (χ0v) is 11.1. The minimum absolute atomic E-state index is 0.0635. The van der Waals surface area contributed by atoms with Crippen LogP contribution in [0.4, 0.5) is 5.69 Å². The van der Waals surface area contributed by atoms with Gasteiger partial charge in [0.2, 0.25) is 0 Å². The van der Waals surface area contributed by atoms with E-state index in [1.54, 1.807) is 30.3 Å². The van der Waals surface area contributed by atoms with E-state index in [4.69, 9.17) is 5.73 Å². The van der Waals surface area contributed by atoms with Crippen LogP contribution in [0.2, 0.25) is 0 Å². The summed E-state index contributed by atoms with van der Waals surface area (Å²) in [6, 6.07) is 11.2. The van der Waals surface area contributed by atoms with Crippen LogP contribution in [0.5, 0.6) is 0 Å². The Morgan fingerprint density at radius 2 is 2.05 bits per heavy atom. The minimum atomic E-state index is -0.0635. The van der Waals surface area contributed by atoms with Crippen molar-refractivity contribution in [3.63, 3.8) is 0 Å². The van der Waals surface area contributed by atoms with Crippen molar-refractivity contribution in [2.24, 2.45) is 5.73 Å². The maximum Gasteiger partial charge on any atom is 0.258 e. The van der Waals surface area contributed by atoms with E-state index in [0.29, 0.717) is 17.8 Å². The van der Waals surface area contributed by atoms with Gasteiger partial charge in [0.15, 0.2) is 0 Å². The van der Waals surface area contributed by atoms with E-state index in [1.165, 1.54) is 0 Å². The van der Waals surface area contributed by atoms with Crippen molar-refractivity contribution in [3.8, 4) is 0 Å². The monoisotopic (exact) mass is 255 g/mol. The second-order valence-electron chi connectivity index (χ2n) is 4.39. The van der Waals surface area contributed by atoms with E-state index < -0.39 is 0 Å². The molecule has 2 N–H and O–H groups in total. The molecule has 0 atom stereocenters. The van der Waals surface area contributed by atoms with E-state index in [0.717, 1.165) is 11.3 Å². The highest BCUT2D eigenvalue weighted by Crippen LogP contribution is 2.20. The molecular formula is C15H17N3O. The Morgan fingerprint density at radius 3 is 2.74 bits per heavy atom. The van der Waals surface area contributed by atoms with E-state index in [-0.39, 0.29) is 5.91 Å². The van der Waals surface area contributed by atoms with Gasteiger partial charge in [0.1, 0.15) is 0 Å².